The predicted molar refractivity (Wildman–Crippen MR) is 73.8 cm³/mol. The summed E-state index contributed by atoms with van der Waals surface area (Å²) in [5, 5.41) is 1.85. The highest BCUT2D eigenvalue weighted by atomic mass is 35.5. The van der Waals surface area contributed by atoms with Crippen LogP contribution in [0.1, 0.15) is 31.7 Å². The second kappa shape index (κ2) is 5.14. The molecule has 1 aliphatic heterocycles. The van der Waals surface area contributed by atoms with E-state index in [1.165, 1.54) is 0 Å². The van der Waals surface area contributed by atoms with Gasteiger partial charge < -0.3 is 4.74 Å². The molecule has 0 amide bonds. The molecule has 0 radical (unpaired) electrons. The third-order valence-corrected chi connectivity index (χ3v) is 4.66. The summed E-state index contributed by atoms with van der Waals surface area (Å²) in [5.74, 6) is 0.168. The zero-order valence-corrected chi connectivity index (χ0v) is 12.5. The molecule has 0 aromatic heterocycles. The van der Waals surface area contributed by atoms with Crippen LogP contribution >= 0.6 is 46.4 Å². The number of benzene rings is 1. The Kier molecular flexibility index (Phi) is 4.16. The Hall–Kier alpha value is 0.340. The topological polar surface area (TPSA) is 12.5 Å². The van der Waals surface area contributed by atoms with Gasteiger partial charge in [-0.3, -0.25) is 0 Å². The molecule has 17 heavy (non-hydrogen) atoms. The highest BCUT2D eigenvalue weighted by molar-refractivity contribution is 6.48. The zero-order valence-electron chi connectivity index (χ0n) is 9.44. The molecule has 1 saturated heterocycles. The fraction of sp³-hybridized carbons (Fsp3) is 0.500. The Bertz CT molecular complexity index is 420. The van der Waals surface area contributed by atoms with Crippen molar-refractivity contribution in [2.45, 2.75) is 38.4 Å². The van der Waals surface area contributed by atoms with Crippen LogP contribution < -0.4 is 0 Å². The molecular formula is C12H12Cl4O. The lowest BCUT2D eigenvalue weighted by Gasteiger charge is -2.16. The molecule has 0 aliphatic carbocycles. The largest absolute Gasteiger partial charge is 0.370 e. The average Bonchev–Trinajstić information content (AvgIpc) is 2.91. The molecule has 1 heterocycles. The smallest absolute Gasteiger partial charge is 0.0844 e. The maximum absolute atomic E-state index is 6.19. The average molecular weight is 314 g/mol. The number of epoxide rings is 1. The van der Waals surface area contributed by atoms with Crippen LogP contribution in [0.5, 0.6) is 0 Å². The van der Waals surface area contributed by atoms with Crippen LogP contribution in [-0.4, -0.2) is 12.2 Å². The van der Waals surface area contributed by atoms with E-state index in [9.17, 15) is 0 Å². The van der Waals surface area contributed by atoms with Crippen LogP contribution in [0.4, 0.5) is 0 Å². The van der Waals surface area contributed by atoms with Crippen molar-refractivity contribution in [3.63, 3.8) is 0 Å². The molecule has 0 spiro atoms. The van der Waals surface area contributed by atoms with E-state index in [4.69, 9.17) is 51.1 Å². The first-order valence-electron chi connectivity index (χ1n) is 5.40. The fourth-order valence-electron chi connectivity index (χ4n) is 1.97. The first kappa shape index (κ1) is 13.8. The van der Waals surface area contributed by atoms with Crippen LogP contribution in [0.15, 0.2) is 6.07 Å². The second-order valence-corrected chi connectivity index (χ2v) is 5.97. The van der Waals surface area contributed by atoms with Gasteiger partial charge in [0.25, 0.3) is 0 Å². The second-order valence-electron chi connectivity index (χ2n) is 4.40. The summed E-state index contributed by atoms with van der Waals surface area (Å²) in [6.45, 7) is 4.10. The first-order chi connectivity index (χ1) is 7.91. The highest BCUT2D eigenvalue weighted by Gasteiger charge is 2.36. The molecule has 2 rings (SSSR count). The van der Waals surface area contributed by atoms with Crippen molar-refractivity contribution in [1.82, 2.24) is 0 Å². The molecule has 3 unspecified atom stereocenters. The Morgan fingerprint density at radius 2 is 1.65 bits per heavy atom. The minimum atomic E-state index is 0.168. The minimum absolute atomic E-state index is 0.168. The van der Waals surface area contributed by atoms with E-state index in [-0.39, 0.29) is 12.0 Å². The van der Waals surface area contributed by atoms with Crippen LogP contribution in [0.3, 0.4) is 0 Å². The molecule has 0 N–H and O–H groups in total. The summed E-state index contributed by atoms with van der Waals surface area (Å²) in [5.41, 5.74) is 0.813. The van der Waals surface area contributed by atoms with Gasteiger partial charge in [0, 0.05) is 0 Å². The molecule has 1 nitrogen and oxygen atoms in total. The normalized spacial score (nSPS) is 24.8. The van der Waals surface area contributed by atoms with E-state index < -0.39 is 0 Å². The Morgan fingerprint density at radius 3 is 2.06 bits per heavy atom. The fourth-order valence-corrected chi connectivity index (χ4v) is 3.16. The van der Waals surface area contributed by atoms with Crippen LogP contribution in [0.25, 0.3) is 0 Å². The van der Waals surface area contributed by atoms with Crippen molar-refractivity contribution in [2.75, 3.05) is 0 Å². The van der Waals surface area contributed by atoms with Crippen molar-refractivity contribution in [3.8, 4) is 0 Å². The standard InChI is InChI=1S/C12H12Cl4O/c1-5(3-9-6(2)17-9)10-11(15)7(13)4-8(14)12(10)16/h4-6,9H,3H2,1-2H3. The summed E-state index contributed by atoms with van der Waals surface area (Å²) in [4.78, 5) is 0. The lowest BCUT2D eigenvalue weighted by atomic mass is 9.95. The third-order valence-electron chi connectivity index (χ3n) is 3.06. The quantitative estimate of drug-likeness (QED) is 0.524. The van der Waals surface area contributed by atoms with Gasteiger partial charge in [0.1, 0.15) is 0 Å². The molecule has 1 aliphatic rings. The molecule has 1 aromatic carbocycles. The maximum atomic E-state index is 6.19. The van der Waals surface area contributed by atoms with Gasteiger partial charge >= 0.3 is 0 Å². The van der Waals surface area contributed by atoms with Gasteiger partial charge in [-0.2, -0.15) is 0 Å². The molecule has 1 aromatic rings. The van der Waals surface area contributed by atoms with E-state index in [2.05, 4.69) is 0 Å². The van der Waals surface area contributed by atoms with Crippen molar-refractivity contribution < 1.29 is 4.74 Å². The summed E-state index contributed by atoms with van der Waals surface area (Å²) >= 11 is 24.4. The summed E-state index contributed by atoms with van der Waals surface area (Å²) in [7, 11) is 0. The summed E-state index contributed by atoms with van der Waals surface area (Å²) < 4.78 is 5.40. The molecular weight excluding hydrogens is 302 g/mol. The molecule has 0 bridgehead atoms. The molecule has 94 valence electrons. The van der Waals surface area contributed by atoms with Gasteiger partial charge in [-0.05, 0) is 30.9 Å². The number of halogens is 4. The van der Waals surface area contributed by atoms with Crippen LogP contribution in [0, 0.1) is 0 Å². The SMILES string of the molecule is CC(CC1OC1C)c1c(Cl)c(Cl)cc(Cl)c1Cl. The van der Waals surface area contributed by atoms with E-state index >= 15 is 0 Å². The zero-order chi connectivity index (χ0) is 12.7. The van der Waals surface area contributed by atoms with Gasteiger partial charge in [-0.25, -0.2) is 0 Å². The van der Waals surface area contributed by atoms with E-state index in [1.54, 1.807) is 6.07 Å². The molecule has 1 fully saturated rings. The van der Waals surface area contributed by atoms with Gasteiger partial charge in [0.15, 0.2) is 0 Å². The van der Waals surface area contributed by atoms with Crippen LogP contribution in [0.2, 0.25) is 20.1 Å². The number of hydrogen-bond donors (Lipinski definition) is 0. The van der Waals surface area contributed by atoms with Gasteiger partial charge in [-0.1, -0.05) is 53.3 Å². The number of hydrogen-bond acceptors (Lipinski definition) is 1. The first-order valence-corrected chi connectivity index (χ1v) is 6.91. The van der Waals surface area contributed by atoms with Crippen molar-refractivity contribution >= 4 is 46.4 Å². The predicted octanol–water partition coefficient (Wildman–Crippen LogP) is 5.58. The van der Waals surface area contributed by atoms with Crippen molar-refractivity contribution in [2.24, 2.45) is 0 Å². The van der Waals surface area contributed by atoms with E-state index in [1.807, 2.05) is 13.8 Å². The Morgan fingerprint density at radius 1 is 1.18 bits per heavy atom. The van der Waals surface area contributed by atoms with E-state index in [0.717, 1.165) is 12.0 Å². The maximum Gasteiger partial charge on any atom is 0.0844 e. The van der Waals surface area contributed by atoms with Crippen molar-refractivity contribution in [3.05, 3.63) is 31.7 Å². The Labute approximate surface area is 121 Å². The minimum Gasteiger partial charge on any atom is -0.370 e. The van der Waals surface area contributed by atoms with E-state index in [0.29, 0.717) is 26.2 Å². The third kappa shape index (κ3) is 2.85. The molecule has 3 atom stereocenters. The lowest BCUT2D eigenvalue weighted by molar-refractivity contribution is 0.362. The summed E-state index contributed by atoms with van der Waals surface area (Å²) in [6.07, 6.45) is 1.48. The van der Waals surface area contributed by atoms with Gasteiger partial charge in [-0.15, -0.1) is 0 Å². The summed E-state index contributed by atoms with van der Waals surface area (Å²) in [6, 6.07) is 1.57. The monoisotopic (exact) mass is 312 g/mol. The number of rotatable bonds is 3. The lowest BCUT2D eigenvalue weighted by Crippen LogP contribution is -2.02. The molecule has 5 heteroatoms. The van der Waals surface area contributed by atoms with Gasteiger partial charge in [0.05, 0.1) is 32.3 Å². The molecule has 0 saturated carbocycles. The Balaban J connectivity index is 2.29. The van der Waals surface area contributed by atoms with Gasteiger partial charge in [0.2, 0.25) is 0 Å². The van der Waals surface area contributed by atoms with Crippen LogP contribution in [-0.2, 0) is 4.74 Å². The number of ether oxygens (including phenoxy) is 1. The van der Waals surface area contributed by atoms with Crippen molar-refractivity contribution in [1.29, 1.82) is 0 Å². The highest BCUT2D eigenvalue weighted by Crippen LogP contribution is 2.43.